The first kappa shape index (κ1) is 18.5. The summed E-state index contributed by atoms with van der Waals surface area (Å²) in [5, 5.41) is 5.92. The molecule has 0 saturated carbocycles. The first-order chi connectivity index (χ1) is 12.6. The van der Waals surface area contributed by atoms with Crippen LogP contribution in [0, 0.1) is 0 Å². The van der Waals surface area contributed by atoms with Crippen molar-refractivity contribution in [2.75, 3.05) is 30.3 Å². The monoisotopic (exact) mass is 415 g/mol. The summed E-state index contributed by atoms with van der Waals surface area (Å²) >= 11 is 3.40. The molecule has 1 aliphatic heterocycles. The number of piperidine rings is 1. The Morgan fingerprint density at radius 3 is 2.46 bits per heavy atom. The summed E-state index contributed by atoms with van der Waals surface area (Å²) < 4.78 is 0.951. The molecule has 0 spiro atoms. The van der Waals surface area contributed by atoms with Gasteiger partial charge in [-0.2, -0.15) is 0 Å². The van der Waals surface area contributed by atoms with E-state index in [1.165, 1.54) is 6.42 Å². The zero-order valence-corrected chi connectivity index (χ0v) is 16.1. The number of halogens is 1. The largest absolute Gasteiger partial charge is 0.376 e. The van der Waals surface area contributed by atoms with Crippen molar-refractivity contribution < 1.29 is 9.59 Å². The lowest BCUT2D eigenvalue weighted by Crippen LogP contribution is -2.35. The molecule has 1 fully saturated rings. The topological polar surface area (TPSA) is 61.4 Å². The number of hydrogen-bond acceptors (Lipinski definition) is 3. The van der Waals surface area contributed by atoms with Crippen LogP contribution >= 0.6 is 15.9 Å². The van der Waals surface area contributed by atoms with Crippen molar-refractivity contribution in [2.45, 2.75) is 19.3 Å². The van der Waals surface area contributed by atoms with Crippen LogP contribution in [0.2, 0.25) is 0 Å². The molecule has 2 N–H and O–H groups in total. The minimum Gasteiger partial charge on any atom is -0.376 e. The van der Waals surface area contributed by atoms with E-state index in [1.807, 2.05) is 29.2 Å². The van der Waals surface area contributed by atoms with E-state index in [9.17, 15) is 9.59 Å². The molecule has 3 rings (SSSR count). The van der Waals surface area contributed by atoms with Crippen LogP contribution in [0.15, 0.2) is 53.0 Å². The van der Waals surface area contributed by atoms with Crippen molar-refractivity contribution in [1.82, 2.24) is 4.90 Å². The molecule has 6 heteroatoms. The van der Waals surface area contributed by atoms with Crippen LogP contribution in [0.3, 0.4) is 0 Å². The normalized spacial score (nSPS) is 14.0. The fourth-order valence-corrected chi connectivity index (χ4v) is 3.39. The second kappa shape index (κ2) is 8.85. The average molecular weight is 416 g/mol. The highest BCUT2D eigenvalue weighted by Gasteiger charge is 2.18. The van der Waals surface area contributed by atoms with E-state index in [-0.39, 0.29) is 18.4 Å². The van der Waals surface area contributed by atoms with Crippen LogP contribution in [0.4, 0.5) is 11.4 Å². The number of hydrogen-bond donors (Lipinski definition) is 2. The van der Waals surface area contributed by atoms with E-state index >= 15 is 0 Å². The van der Waals surface area contributed by atoms with Crippen molar-refractivity contribution in [2.24, 2.45) is 0 Å². The van der Waals surface area contributed by atoms with E-state index in [4.69, 9.17) is 0 Å². The lowest BCUT2D eigenvalue weighted by Gasteiger charge is -2.26. The van der Waals surface area contributed by atoms with E-state index in [0.29, 0.717) is 11.3 Å². The Hall–Kier alpha value is -2.34. The SMILES string of the molecule is O=C(CNc1cccc(Br)c1)Nc1cccc(C(=O)N2CCCCC2)c1. The quantitative estimate of drug-likeness (QED) is 0.771. The fourth-order valence-electron chi connectivity index (χ4n) is 3.00. The van der Waals surface area contributed by atoms with Gasteiger partial charge in [-0.3, -0.25) is 9.59 Å². The summed E-state index contributed by atoms with van der Waals surface area (Å²) in [6.45, 7) is 1.78. The molecule has 0 radical (unpaired) electrons. The molecule has 0 bridgehead atoms. The van der Waals surface area contributed by atoms with Crippen molar-refractivity contribution in [3.8, 4) is 0 Å². The Balaban J connectivity index is 1.57. The van der Waals surface area contributed by atoms with E-state index < -0.39 is 0 Å². The van der Waals surface area contributed by atoms with Gasteiger partial charge in [-0.05, 0) is 55.7 Å². The van der Waals surface area contributed by atoms with Gasteiger partial charge in [0.15, 0.2) is 0 Å². The molecular formula is C20H22BrN3O2. The number of anilines is 2. The molecular weight excluding hydrogens is 394 g/mol. The summed E-state index contributed by atoms with van der Waals surface area (Å²) in [4.78, 5) is 26.6. The predicted octanol–water partition coefficient (Wildman–Crippen LogP) is 4.13. The molecule has 1 saturated heterocycles. The Labute approximate surface area is 161 Å². The average Bonchev–Trinajstić information content (AvgIpc) is 2.67. The van der Waals surface area contributed by atoms with Gasteiger partial charge in [-0.1, -0.05) is 28.1 Å². The number of benzene rings is 2. The predicted molar refractivity (Wildman–Crippen MR) is 107 cm³/mol. The van der Waals surface area contributed by atoms with Gasteiger partial charge < -0.3 is 15.5 Å². The number of likely N-dealkylation sites (tertiary alicyclic amines) is 1. The minimum atomic E-state index is -0.160. The molecule has 1 heterocycles. The van der Waals surface area contributed by atoms with Crippen LogP contribution in [0.1, 0.15) is 29.6 Å². The lowest BCUT2D eigenvalue weighted by atomic mass is 10.1. The smallest absolute Gasteiger partial charge is 0.253 e. The zero-order valence-electron chi connectivity index (χ0n) is 14.5. The van der Waals surface area contributed by atoms with E-state index in [2.05, 4.69) is 26.6 Å². The standard InChI is InChI=1S/C20H22BrN3O2/c21-16-7-5-8-17(13-16)22-14-19(25)23-18-9-4-6-15(12-18)20(26)24-10-2-1-3-11-24/h4-9,12-13,22H,1-3,10-11,14H2,(H,23,25). The van der Waals surface area contributed by atoms with Crippen LogP contribution < -0.4 is 10.6 Å². The van der Waals surface area contributed by atoms with Gasteiger partial charge in [0, 0.05) is 34.5 Å². The summed E-state index contributed by atoms with van der Waals surface area (Å²) in [5.41, 5.74) is 2.11. The Morgan fingerprint density at radius 1 is 0.962 bits per heavy atom. The van der Waals surface area contributed by atoms with Crippen molar-refractivity contribution >= 4 is 39.1 Å². The molecule has 2 aromatic carbocycles. The number of carbonyl (C=O) groups is 2. The third-order valence-corrected chi connectivity index (χ3v) is 4.81. The Bertz CT molecular complexity index is 788. The van der Waals surface area contributed by atoms with Gasteiger partial charge >= 0.3 is 0 Å². The molecule has 0 unspecified atom stereocenters. The highest BCUT2D eigenvalue weighted by Crippen LogP contribution is 2.17. The minimum absolute atomic E-state index is 0.0352. The Morgan fingerprint density at radius 2 is 1.69 bits per heavy atom. The van der Waals surface area contributed by atoms with Gasteiger partial charge in [0.05, 0.1) is 6.54 Å². The van der Waals surface area contributed by atoms with Crippen molar-refractivity contribution in [3.05, 3.63) is 58.6 Å². The fraction of sp³-hybridized carbons (Fsp3) is 0.300. The number of carbonyl (C=O) groups excluding carboxylic acids is 2. The van der Waals surface area contributed by atoms with Crippen molar-refractivity contribution in [1.29, 1.82) is 0 Å². The summed E-state index contributed by atoms with van der Waals surface area (Å²) in [5.74, 6) is -0.124. The lowest BCUT2D eigenvalue weighted by molar-refractivity contribution is -0.114. The van der Waals surface area contributed by atoms with E-state index in [0.717, 1.165) is 36.1 Å². The zero-order chi connectivity index (χ0) is 18.4. The third-order valence-electron chi connectivity index (χ3n) is 4.31. The summed E-state index contributed by atoms with van der Waals surface area (Å²) in [7, 11) is 0. The van der Waals surface area contributed by atoms with Gasteiger partial charge in [-0.25, -0.2) is 0 Å². The highest BCUT2D eigenvalue weighted by atomic mass is 79.9. The molecule has 5 nitrogen and oxygen atoms in total. The van der Waals surface area contributed by atoms with E-state index in [1.54, 1.807) is 24.3 Å². The molecule has 26 heavy (non-hydrogen) atoms. The molecule has 1 aliphatic rings. The maximum Gasteiger partial charge on any atom is 0.253 e. The first-order valence-corrected chi connectivity index (χ1v) is 9.60. The van der Waals surface area contributed by atoms with Crippen LogP contribution in [-0.4, -0.2) is 36.3 Å². The Kier molecular flexibility index (Phi) is 6.28. The number of rotatable bonds is 5. The molecule has 136 valence electrons. The maximum atomic E-state index is 12.6. The maximum absolute atomic E-state index is 12.6. The van der Waals surface area contributed by atoms with Gasteiger partial charge in [0.2, 0.25) is 5.91 Å². The number of nitrogens with one attached hydrogen (secondary N) is 2. The van der Waals surface area contributed by atoms with Crippen LogP contribution in [0.25, 0.3) is 0 Å². The van der Waals surface area contributed by atoms with Crippen LogP contribution in [0.5, 0.6) is 0 Å². The molecule has 0 aromatic heterocycles. The van der Waals surface area contributed by atoms with Crippen molar-refractivity contribution in [3.63, 3.8) is 0 Å². The first-order valence-electron chi connectivity index (χ1n) is 8.80. The second-order valence-corrected chi connectivity index (χ2v) is 7.26. The number of amides is 2. The van der Waals surface area contributed by atoms with Gasteiger partial charge in [0.25, 0.3) is 5.91 Å². The summed E-state index contributed by atoms with van der Waals surface area (Å²) in [6, 6.07) is 14.8. The van der Waals surface area contributed by atoms with Gasteiger partial charge in [-0.15, -0.1) is 0 Å². The summed E-state index contributed by atoms with van der Waals surface area (Å²) in [6.07, 6.45) is 3.30. The molecule has 2 amide bonds. The van der Waals surface area contributed by atoms with Gasteiger partial charge in [0.1, 0.15) is 0 Å². The highest BCUT2D eigenvalue weighted by molar-refractivity contribution is 9.10. The third kappa shape index (κ3) is 5.08. The van der Waals surface area contributed by atoms with Crippen LogP contribution in [-0.2, 0) is 4.79 Å². The molecule has 0 atom stereocenters. The number of nitrogens with zero attached hydrogens (tertiary/aromatic N) is 1. The molecule has 2 aromatic rings. The second-order valence-electron chi connectivity index (χ2n) is 6.35. The molecule has 0 aliphatic carbocycles.